The molecule has 3 N–H and O–H groups in total. The zero-order valence-electron chi connectivity index (χ0n) is 17.2. The fraction of sp³-hybridized carbons (Fsp3) is 0.571. The molecule has 0 unspecified atom stereocenters. The molecule has 1 aromatic rings. The van der Waals surface area contributed by atoms with Crippen LogP contribution in [0.4, 0.5) is 5.69 Å². The van der Waals surface area contributed by atoms with E-state index in [1.54, 1.807) is 18.2 Å². The number of carbonyl (C=O) groups excluding carboxylic acids is 3. The molecular weight excluding hydrogens is 356 g/mol. The molecule has 1 saturated carbocycles. The lowest BCUT2D eigenvalue weighted by Crippen LogP contribution is -2.55. The summed E-state index contributed by atoms with van der Waals surface area (Å²) in [7, 11) is 3.78. The third kappa shape index (κ3) is 5.97. The minimum atomic E-state index is -0.692. The summed E-state index contributed by atoms with van der Waals surface area (Å²) in [5.74, 6) is -1.01. The first-order chi connectivity index (χ1) is 13.3. The van der Waals surface area contributed by atoms with Crippen LogP contribution < -0.4 is 21.1 Å². The van der Waals surface area contributed by atoms with Crippen LogP contribution in [-0.2, 0) is 9.59 Å². The molecule has 0 saturated heterocycles. The molecule has 0 spiro atoms. The fourth-order valence-electron chi connectivity index (χ4n) is 3.36. The van der Waals surface area contributed by atoms with Crippen LogP contribution in [0.5, 0.6) is 0 Å². The van der Waals surface area contributed by atoms with Crippen molar-refractivity contribution < 1.29 is 14.4 Å². The molecule has 0 radical (unpaired) electrons. The van der Waals surface area contributed by atoms with Gasteiger partial charge in [-0.1, -0.05) is 39.2 Å². The minimum absolute atomic E-state index is 0.0221. The van der Waals surface area contributed by atoms with Crippen molar-refractivity contribution in [2.24, 2.45) is 11.8 Å². The summed E-state index contributed by atoms with van der Waals surface area (Å²) in [6.45, 7) is 3.74. The van der Waals surface area contributed by atoms with Crippen LogP contribution in [0.3, 0.4) is 0 Å². The molecule has 1 fully saturated rings. The quantitative estimate of drug-likeness (QED) is 0.652. The molecule has 1 aromatic carbocycles. The Kier molecular flexibility index (Phi) is 7.84. The van der Waals surface area contributed by atoms with Gasteiger partial charge in [0.1, 0.15) is 6.04 Å². The number of anilines is 1. The first-order valence-electron chi connectivity index (χ1n) is 9.97. The van der Waals surface area contributed by atoms with Gasteiger partial charge in [-0.2, -0.15) is 0 Å². The predicted octanol–water partition coefficient (Wildman–Crippen LogP) is 2.23. The number of amides is 3. The second kappa shape index (κ2) is 10.1. The summed E-state index contributed by atoms with van der Waals surface area (Å²) in [6.07, 6.45) is 5.02. The molecule has 7 nitrogen and oxygen atoms in total. The van der Waals surface area contributed by atoms with Gasteiger partial charge in [-0.15, -0.1) is 0 Å². The Morgan fingerprint density at radius 1 is 1.04 bits per heavy atom. The SMILES string of the molecule is CC(C)[C@@H](NC(=O)C1CCCCC1)C(=O)NNC(=O)c1cccc(N(C)C)c1. The Morgan fingerprint density at radius 2 is 1.71 bits per heavy atom. The van der Waals surface area contributed by atoms with E-state index in [1.165, 1.54) is 6.42 Å². The Hall–Kier alpha value is -2.57. The van der Waals surface area contributed by atoms with Gasteiger partial charge in [0.25, 0.3) is 11.8 Å². The summed E-state index contributed by atoms with van der Waals surface area (Å²) in [5, 5.41) is 2.86. The van der Waals surface area contributed by atoms with Gasteiger partial charge in [-0.25, -0.2) is 0 Å². The molecule has 28 heavy (non-hydrogen) atoms. The highest BCUT2D eigenvalue weighted by atomic mass is 16.2. The maximum atomic E-state index is 12.6. The molecule has 0 heterocycles. The molecular formula is C21H32N4O3. The van der Waals surface area contributed by atoms with E-state index in [-0.39, 0.29) is 17.7 Å². The molecule has 7 heteroatoms. The summed E-state index contributed by atoms with van der Waals surface area (Å²) in [4.78, 5) is 39.3. The number of nitrogens with one attached hydrogen (secondary N) is 3. The average molecular weight is 389 g/mol. The van der Waals surface area contributed by atoms with Gasteiger partial charge in [-0.3, -0.25) is 25.2 Å². The molecule has 0 bridgehead atoms. The Labute approximate surface area is 167 Å². The van der Waals surface area contributed by atoms with Crippen molar-refractivity contribution in [1.29, 1.82) is 0 Å². The summed E-state index contributed by atoms with van der Waals surface area (Å²) in [5.41, 5.74) is 6.23. The number of benzene rings is 1. The fourth-order valence-corrected chi connectivity index (χ4v) is 3.36. The normalized spacial score (nSPS) is 15.6. The number of hydrogen-bond acceptors (Lipinski definition) is 4. The van der Waals surface area contributed by atoms with E-state index >= 15 is 0 Å². The standard InChI is InChI=1S/C21H32N4O3/c1-14(2)18(22-19(26)15-9-6-5-7-10-15)21(28)24-23-20(27)16-11-8-12-17(13-16)25(3)4/h8,11-15,18H,5-7,9-10H2,1-4H3,(H,22,26)(H,23,27)(H,24,28)/t18-/m1/s1. The highest BCUT2D eigenvalue weighted by Crippen LogP contribution is 2.24. The van der Waals surface area contributed by atoms with Crippen molar-refractivity contribution >= 4 is 23.4 Å². The highest BCUT2D eigenvalue weighted by molar-refractivity contribution is 5.97. The maximum Gasteiger partial charge on any atom is 0.269 e. The van der Waals surface area contributed by atoms with E-state index in [2.05, 4.69) is 16.2 Å². The Bertz CT molecular complexity index is 697. The number of nitrogens with zero attached hydrogens (tertiary/aromatic N) is 1. The van der Waals surface area contributed by atoms with Crippen molar-refractivity contribution in [3.63, 3.8) is 0 Å². The first kappa shape index (κ1) is 21.7. The Morgan fingerprint density at radius 3 is 2.32 bits per heavy atom. The van der Waals surface area contributed by atoms with Crippen LogP contribution in [-0.4, -0.2) is 37.9 Å². The second-order valence-electron chi connectivity index (χ2n) is 7.95. The lowest BCUT2D eigenvalue weighted by molar-refractivity contribution is -0.133. The molecule has 0 aromatic heterocycles. The first-order valence-corrected chi connectivity index (χ1v) is 9.97. The van der Waals surface area contributed by atoms with Crippen LogP contribution in [0.1, 0.15) is 56.3 Å². The Balaban J connectivity index is 1.93. The van der Waals surface area contributed by atoms with Gasteiger partial charge in [0.05, 0.1) is 0 Å². The van der Waals surface area contributed by atoms with Crippen molar-refractivity contribution in [3.8, 4) is 0 Å². The number of carbonyl (C=O) groups is 3. The van der Waals surface area contributed by atoms with Crippen molar-refractivity contribution in [3.05, 3.63) is 29.8 Å². The van der Waals surface area contributed by atoms with Crippen LogP contribution >= 0.6 is 0 Å². The lowest BCUT2D eigenvalue weighted by atomic mass is 9.88. The van der Waals surface area contributed by atoms with Gasteiger partial charge >= 0.3 is 0 Å². The van der Waals surface area contributed by atoms with Crippen molar-refractivity contribution in [2.75, 3.05) is 19.0 Å². The molecule has 0 aliphatic heterocycles. The molecule has 1 aliphatic carbocycles. The van der Waals surface area contributed by atoms with E-state index in [4.69, 9.17) is 0 Å². The maximum absolute atomic E-state index is 12.6. The van der Waals surface area contributed by atoms with E-state index < -0.39 is 17.9 Å². The topological polar surface area (TPSA) is 90.5 Å². The van der Waals surface area contributed by atoms with Crippen LogP contribution in [0, 0.1) is 11.8 Å². The van der Waals surface area contributed by atoms with Crippen molar-refractivity contribution in [2.45, 2.75) is 52.0 Å². The largest absolute Gasteiger partial charge is 0.378 e. The third-order valence-corrected chi connectivity index (χ3v) is 5.15. The number of rotatable bonds is 6. The zero-order valence-corrected chi connectivity index (χ0v) is 17.2. The summed E-state index contributed by atoms with van der Waals surface area (Å²) < 4.78 is 0. The van der Waals surface area contributed by atoms with E-state index in [1.807, 2.05) is 38.9 Å². The summed E-state index contributed by atoms with van der Waals surface area (Å²) >= 11 is 0. The summed E-state index contributed by atoms with van der Waals surface area (Å²) in [6, 6.07) is 6.41. The van der Waals surface area contributed by atoms with E-state index in [9.17, 15) is 14.4 Å². The molecule has 154 valence electrons. The highest BCUT2D eigenvalue weighted by Gasteiger charge is 2.28. The van der Waals surface area contributed by atoms with Crippen LogP contribution in [0.2, 0.25) is 0 Å². The lowest BCUT2D eigenvalue weighted by Gasteiger charge is -2.26. The minimum Gasteiger partial charge on any atom is -0.378 e. The van der Waals surface area contributed by atoms with Gasteiger partial charge in [0, 0.05) is 31.3 Å². The average Bonchev–Trinajstić information content (AvgIpc) is 2.70. The number of hydrazine groups is 1. The van der Waals surface area contributed by atoms with E-state index in [0.29, 0.717) is 5.56 Å². The third-order valence-electron chi connectivity index (χ3n) is 5.15. The second-order valence-corrected chi connectivity index (χ2v) is 7.95. The molecule has 3 amide bonds. The number of hydrogen-bond donors (Lipinski definition) is 3. The predicted molar refractivity (Wildman–Crippen MR) is 110 cm³/mol. The van der Waals surface area contributed by atoms with Crippen molar-refractivity contribution in [1.82, 2.24) is 16.2 Å². The molecule has 1 aliphatic rings. The smallest absolute Gasteiger partial charge is 0.269 e. The zero-order chi connectivity index (χ0) is 20.7. The van der Waals surface area contributed by atoms with E-state index in [0.717, 1.165) is 31.4 Å². The van der Waals surface area contributed by atoms with Crippen LogP contribution in [0.15, 0.2) is 24.3 Å². The monoisotopic (exact) mass is 388 g/mol. The van der Waals surface area contributed by atoms with Crippen LogP contribution in [0.25, 0.3) is 0 Å². The molecule has 1 atom stereocenters. The van der Waals surface area contributed by atoms with Gasteiger partial charge in [-0.05, 0) is 37.0 Å². The molecule has 2 rings (SSSR count). The van der Waals surface area contributed by atoms with Gasteiger partial charge in [0.2, 0.25) is 5.91 Å². The van der Waals surface area contributed by atoms with Gasteiger partial charge < -0.3 is 10.2 Å². The van der Waals surface area contributed by atoms with Gasteiger partial charge in [0.15, 0.2) is 0 Å².